The van der Waals surface area contributed by atoms with Crippen LogP contribution < -0.4 is 14.9 Å². The van der Waals surface area contributed by atoms with Gasteiger partial charge in [-0.3, -0.25) is 14.5 Å². The van der Waals surface area contributed by atoms with Crippen LogP contribution in [0.3, 0.4) is 0 Å². The van der Waals surface area contributed by atoms with E-state index in [-0.39, 0.29) is 22.1 Å². The SMILES string of the molecule is C=C(CCC)CN1CCN(c2ccc(C(=O)NS(=O)(=O)c3ccc(NC(CCN4CCCOCC4)CSc4ccccc4)c(C=O)c3)cc2)CC1. The number of aldehydes is 1. The highest BCUT2D eigenvalue weighted by molar-refractivity contribution is 7.99. The van der Waals surface area contributed by atoms with Crippen LogP contribution in [0.1, 0.15) is 53.3 Å². The van der Waals surface area contributed by atoms with Crippen LogP contribution in [0.2, 0.25) is 0 Å². The number of carbonyl (C=O) groups excluding carboxylic acids is 2. The maximum atomic E-state index is 13.3. The van der Waals surface area contributed by atoms with Gasteiger partial charge in [0.2, 0.25) is 0 Å². The molecular weight excluding hydrogens is 683 g/mol. The molecule has 2 aliphatic heterocycles. The van der Waals surface area contributed by atoms with E-state index in [0.717, 1.165) is 108 Å². The lowest BCUT2D eigenvalue weighted by molar-refractivity contribution is 0.0981. The van der Waals surface area contributed by atoms with Gasteiger partial charge in [-0.1, -0.05) is 43.7 Å². The Balaban J connectivity index is 1.20. The molecule has 0 radical (unpaired) electrons. The van der Waals surface area contributed by atoms with Crippen LogP contribution in [0.25, 0.3) is 0 Å². The van der Waals surface area contributed by atoms with Gasteiger partial charge in [0.1, 0.15) is 0 Å². The molecule has 51 heavy (non-hydrogen) atoms. The molecule has 0 bridgehead atoms. The Kier molecular flexibility index (Phi) is 14.5. The van der Waals surface area contributed by atoms with Crippen molar-refractivity contribution in [3.05, 3.63) is 96.1 Å². The van der Waals surface area contributed by atoms with Crippen molar-refractivity contribution < 1.29 is 22.7 Å². The molecule has 3 aromatic rings. The van der Waals surface area contributed by atoms with Crippen molar-refractivity contribution in [2.75, 3.05) is 81.5 Å². The van der Waals surface area contributed by atoms with Gasteiger partial charge in [-0.05, 0) is 73.9 Å². The highest BCUT2D eigenvalue weighted by Crippen LogP contribution is 2.25. The molecule has 2 aliphatic rings. The largest absolute Gasteiger partial charge is 0.381 e. The normalized spacial score (nSPS) is 16.6. The number of sulfonamides is 1. The summed E-state index contributed by atoms with van der Waals surface area (Å²) < 4.78 is 34.5. The summed E-state index contributed by atoms with van der Waals surface area (Å²) in [7, 11) is -4.24. The molecule has 1 unspecified atom stereocenters. The predicted octanol–water partition coefficient (Wildman–Crippen LogP) is 5.78. The van der Waals surface area contributed by atoms with Crippen molar-refractivity contribution in [2.24, 2.45) is 0 Å². The maximum Gasteiger partial charge on any atom is 0.264 e. The Morgan fingerprint density at radius 3 is 2.45 bits per heavy atom. The number of nitrogens with zero attached hydrogens (tertiary/aromatic N) is 3. The van der Waals surface area contributed by atoms with E-state index < -0.39 is 15.9 Å². The van der Waals surface area contributed by atoms with E-state index in [4.69, 9.17) is 4.74 Å². The second kappa shape index (κ2) is 19.2. The van der Waals surface area contributed by atoms with E-state index in [2.05, 4.69) is 50.4 Å². The van der Waals surface area contributed by atoms with E-state index in [1.165, 1.54) is 17.7 Å². The van der Waals surface area contributed by atoms with E-state index >= 15 is 0 Å². The molecule has 0 saturated carbocycles. The van der Waals surface area contributed by atoms with Gasteiger partial charge in [0.05, 0.1) is 11.5 Å². The van der Waals surface area contributed by atoms with Crippen molar-refractivity contribution >= 4 is 45.4 Å². The standard InChI is InChI=1S/C39H51N5O5S2/c1-3-8-31(2)28-43-20-22-44(23-21-43)35-13-11-32(12-14-35)39(46)41-51(47,48)37-15-16-38(33(27-37)29-45)40-34(30-50-36-9-5-4-6-10-36)17-19-42-18-7-25-49-26-24-42/h4-6,9-16,27,29,34,40H,2-3,7-8,17-26,28,30H2,1H3,(H,41,46). The molecule has 2 saturated heterocycles. The third-order valence-electron chi connectivity index (χ3n) is 9.27. The summed E-state index contributed by atoms with van der Waals surface area (Å²) >= 11 is 1.73. The van der Waals surface area contributed by atoms with Crippen molar-refractivity contribution in [1.82, 2.24) is 14.5 Å². The average molecular weight is 734 g/mol. The van der Waals surface area contributed by atoms with Gasteiger partial charge in [-0.25, -0.2) is 13.1 Å². The molecule has 10 nitrogen and oxygen atoms in total. The molecule has 0 spiro atoms. The van der Waals surface area contributed by atoms with Gasteiger partial charge < -0.3 is 19.9 Å². The molecule has 2 N–H and O–H groups in total. The summed E-state index contributed by atoms with van der Waals surface area (Å²) in [4.78, 5) is 33.4. The van der Waals surface area contributed by atoms with Crippen LogP contribution in [0, 0.1) is 0 Å². The molecule has 5 rings (SSSR count). The van der Waals surface area contributed by atoms with Crippen LogP contribution in [0.5, 0.6) is 0 Å². The number of amides is 1. The van der Waals surface area contributed by atoms with Crippen molar-refractivity contribution in [2.45, 2.75) is 48.4 Å². The fourth-order valence-corrected chi connectivity index (χ4v) is 8.41. The number of rotatable bonds is 17. The number of hydrogen-bond acceptors (Lipinski definition) is 10. The monoisotopic (exact) mass is 733 g/mol. The Hall–Kier alpha value is -3.68. The van der Waals surface area contributed by atoms with Gasteiger partial charge in [0.15, 0.2) is 6.29 Å². The van der Waals surface area contributed by atoms with Crippen LogP contribution in [-0.2, 0) is 14.8 Å². The predicted molar refractivity (Wildman–Crippen MR) is 207 cm³/mol. The number of ether oxygens (including phenoxy) is 1. The molecule has 274 valence electrons. The Bertz CT molecular complexity index is 1690. The first-order valence-corrected chi connectivity index (χ1v) is 20.4. The second-order valence-electron chi connectivity index (χ2n) is 13.2. The number of anilines is 2. The Morgan fingerprint density at radius 1 is 0.961 bits per heavy atom. The minimum atomic E-state index is -4.24. The Morgan fingerprint density at radius 2 is 1.73 bits per heavy atom. The van der Waals surface area contributed by atoms with E-state index in [1.54, 1.807) is 30.0 Å². The summed E-state index contributed by atoms with van der Waals surface area (Å²) in [5.41, 5.74) is 3.25. The van der Waals surface area contributed by atoms with Crippen LogP contribution in [-0.4, -0.2) is 108 Å². The molecule has 1 atom stereocenters. The average Bonchev–Trinajstić information content (AvgIpc) is 3.42. The molecule has 12 heteroatoms. The Labute approximate surface area is 307 Å². The van der Waals surface area contributed by atoms with Gasteiger partial charge in [-0.2, -0.15) is 0 Å². The summed E-state index contributed by atoms with van der Waals surface area (Å²) in [5.74, 6) is 0.0278. The summed E-state index contributed by atoms with van der Waals surface area (Å²) in [6.45, 7) is 15.1. The first kappa shape index (κ1) is 38.5. The van der Waals surface area contributed by atoms with Crippen LogP contribution in [0.15, 0.2) is 94.7 Å². The van der Waals surface area contributed by atoms with Crippen molar-refractivity contribution in [3.63, 3.8) is 0 Å². The molecule has 3 aromatic carbocycles. The lowest BCUT2D eigenvalue weighted by Crippen LogP contribution is -2.46. The number of nitrogens with one attached hydrogen (secondary N) is 2. The van der Waals surface area contributed by atoms with Crippen LogP contribution >= 0.6 is 11.8 Å². The molecule has 2 fully saturated rings. The first-order valence-electron chi connectivity index (χ1n) is 17.9. The van der Waals surface area contributed by atoms with Gasteiger partial charge >= 0.3 is 0 Å². The fourth-order valence-electron chi connectivity index (χ4n) is 6.40. The molecule has 0 aromatic heterocycles. The maximum absolute atomic E-state index is 13.3. The van der Waals surface area contributed by atoms with E-state index in [9.17, 15) is 18.0 Å². The number of carbonyl (C=O) groups is 2. The zero-order valence-corrected chi connectivity index (χ0v) is 31.2. The number of hydrogen-bond donors (Lipinski definition) is 2. The van der Waals surface area contributed by atoms with Gasteiger partial charge in [-0.15, -0.1) is 11.8 Å². The number of thioether (sulfide) groups is 1. The smallest absolute Gasteiger partial charge is 0.264 e. The molecule has 2 heterocycles. The van der Waals surface area contributed by atoms with E-state index in [0.29, 0.717) is 12.0 Å². The van der Waals surface area contributed by atoms with Crippen molar-refractivity contribution in [3.8, 4) is 0 Å². The van der Waals surface area contributed by atoms with Gasteiger partial charge in [0.25, 0.3) is 15.9 Å². The first-order chi connectivity index (χ1) is 24.7. The highest BCUT2D eigenvalue weighted by atomic mass is 32.2. The summed E-state index contributed by atoms with van der Waals surface area (Å²) in [6.07, 6.45) is 4.63. The lowest BCUT2D eigenvalue weighted by atomic mass is 10.1. The molecule has 0 aliphatic carbocycles. The minimum Gasteiger partial charge on any atom is -0.381 e. The van der Waals surface area contributed by atoms with Gasteiger partial charge in [0, 0.05) is 98.2 Å². The quantitative estimate of drug-likeness (QED) is 0.101. The third kappa shape index (κ3) is 11.7. The number of benzene rings is 3. The molecular formula is C39H51N5O5S2. The van der Waals surface area contributed by atoms with Crippen molar-refractivity contribution in [1.29, 1.82) is 0 Å². The summed E-state index contributed by atoms with van der Waals surface area (Å²) in [5, 5.41) is 3.51. The zero-order chi connectivity index (χ0) is 36.1. The zero-order valence-electron chi connectivity index (χ0n) is 29.6. The highest BCUT2D eigenvalue weighted by Gasteiger charge is 2.23. The number of piperazine rings is 1. The lowest BCUT2D eigenvalue weighted by Gasteiger charge is -2.36. The molecule has 1 amide bonds. The van der Waals surface area contributed by atoms with E-state index in [1.807, 2.05) is 30.3 Å². The summed E-state index contributed by atoms with van der Waals surface area (Å²) in [6, 6.07) is 21.5. The van der Waals surface area contributed by atoms with Crippen LogP contribution in [0.4, 0.5) is 11.4 Å². The topological polar surface area (TPSA) is 111 Å². The fraction of sp³-hybridized carbons (Fsp3) is 0.436. The third-order valence-corrected chi connectivity index (χ3v) is 11.8. The minimum absolute atomic E-state index is 0.0119. The second-order valence-corrected chi connectivity index (χ2v) is 15.9.